The van der Waals surface area contributed by atoms with Gasteiger partial charge in [-0.05, 0) is 12.5 Å². The highest BCUT2D eigenvalue weighted by molar-refractivity contribution is 5.16. The van der Waals surface area contributed by atoms with Crippen LogP contribution in [-0.4, -0.2) is 5.11 Å². The molecule has 1 heteroatoms. The lowest BCUT2D eigenvalue weighted by Gasteiger charge is -2.00. The zero-order valence-electron chi connectivity index (χ0n) is 9.10. The maximum absolute atomic E-state index is 9.20. The molecule has 0 aromatic heterocycles. The van der Waals surface area contributed by atoms with E-state index in [0.29, 0.717) is 0 Å². The summed E-state index contributed by atoms with van der Waals surface area (Å²) in [6.07, 6.45) is -0.874. The predicted octanol–water partition coefficient (Wildman–Crippen LogP) is 1.74. The minimum absolute atomic E-state index is 0.128. The molecule has 1 N–H and O–H groups in total. The van der Waals surface area contributed by atoms with Gasteiger partial charge in [0.25, 0.3) is 0 Å². The van der Waals surface area contributed by atoms with Crippen molar-refractivity contribution in [2.75, 3.05) is 0 Å². The fraction of sp³-hybridized carbons (Fsp3) is 0.250. The van der Waals surface area contributed by atoms with Crippen LogP contribution in [0.1, 0.15) is 24.1 Å². The highest BCUT2D eigenvalue weighted by Crippen LogP contribution is 2.08. The lowest BCUT2D eigenvalue weighted by molar-refractivity contribution is 0.199. The Morgan fingerprint density at radius 1 is 1.56 bits per heavy atom. The molecule has 1 aromatic rings. The van der Waals surface area contributed by atoms with E-state index in [2.05, 4.69) is 0 Å². The summed E-state index contributed by atoms with van der Waals surface area (Å²) in [6, 6.07) is 0.388. The van der Waals surface area contributed by atoms with E-state index >= 15 is 0 Å². The molecule has 9 heavy (non-hydrogen) atoms. The predicted molar refractivity (Wildman–Crippen MR) is 37.1 cm³/mol. The van der Waals surface area contributed by atoms with Gasteiger partial charge in [-0.25, -0.2) is 0 Å². The second kappa shape index (κ2) is 2.65. The summed E-state index contributed by atoms with van der Waals surface area (Å²) in [4.78, 5) is 0. The minimum atomic E-state index is -0.874. The molecule has 0 bridgehead atoms. The third kappa shape index (κ3) is 1.54. The molecule has 0 amide bonds. The van der Waals surface area contributed by atoms with Gasteiger partial charge < -0.3 is 5.11 Å². The molecule has 0 saturated carbocycles. The van der Waals surface area contributed by atoms with Crippen LogP contribution in [0.4, 0.5) is 0 Å². The normalized spacial score (nSPS) is 19.3. The molecule has 1 rings (SSSR count). The van der Waals surface area contributed by atoms with Gasteiger partial charge in [0.2, 0.25) is 0 Å². The van der Waals surface area contributed by atoms with Gasteiger partial charge in [0.15, 0.2) is 0 Å². The van der Waals surface area contributed by atoms with Crippen LogP contribution in [0.3, 0.4) is 0 Å². The molecule has 1 atom stereocenters. The summed E-state index contributed by atoms with van der Waals surface area (Å²) in [7, 11) is 0. The second-order valence-corrected chi connectivity index (χ2v) is 1.79. The molecule has 0 heterocycles. The van der Waals surface area contributed by atoms with Crippen molar-refractivity contribution in [1.82, 2.24) is 0 Å². The molecular weight excluding hydrogens is 112 g/mol. The van der Waals surface area contributed by atoms with Crippen molar-refractivity contribution in [3.05, 3.63) is 35.8 Å². The van der Waals surface area contributed by atoms with Gasteiger partial charge in [-0.1, -0.05) is 30.2 Å². The molecule has 0 radical (unpaired) electrons. The molecule has 48 valence electrons. The summed E-state index contributed by atoms with van der Waals surface area (Å²) in [5.74, 6) is 0. The largest absolute Gasteiger partial charge is 0.389 e. The summed E-state index contributed by atoms with van der Waals surface area (Å²) >= 11 is 0. The van der Waals surface area contributed by atoms with Gasteiger partial charge in [-0.2, -0.15) is 0 Å². The van der Waals surface area contributed by atoms with Gasteiger partial charge in [0.05, 0.1) is 11.6 Å². The lowest BCUT2D eigenvalue weighted by atomic mass is 10.1. The smallest absolute Gasteiger partial charge is 0.0761 e. The first-order chi connectivity index (χ1) is 5.95. The van der Waals surface area contributed by atoms with E-state index in [-0.39, 0.29) is 29.7 Å². The lowest BCUT2D eigenvalue weighted by Crippen LogP contribution is -1.87. The molecule has 0 aliphatic heterocycles. The van der Waals surface area contributed by atoms with E-state index < -0.39 is 6.10 Å². The SMILES string of the molecule is [2H]c1cc(C(C)O)c([2H])c([2H])c1[2H]. The van der Waals surface area contributed by atoms with Crippen LogP contribution in [0, 0.1) is 0 Å². The van der Waals surface area contributed by atoms with Gasteiger partial charge in [-0.3, -0.25) is 0 Å². The van der Waals surface area contributed by atoms with Gasteiger partial charge in [-0.15, -0.1) is 0 Å². The summed E-state index contributed by atoms with van der Waals surface area (Å²) in [5.41, 5.74) is 0.228. The molecule has 0 fully saturated rings. The Labute approximate surface area is 60.6 Å². The standard InChI is InChI=1S/C8H10O/c1-7(9)8-5-3-2-4-6-8/h2-7,9H,1H3/i2D,3D,4D,5D. The number of aliphatic hydroxyl groups is 1. The fourth-order valence-corrected chi connectivity index (χ4v) is 0.514. The van der Waals surface area contributed by atoms with Crippen molar-refractivity contribution < 1.29 is 10.6 Å². The number of hydrogen-bond acceptors (Lipinski definition) is 1. The van der Waals surface area contributed by atoms with Gasteiger partial charge >= 0.3 is 0 Å². The maximum Gasteiger partial charge on any atom is 0.0761 e. The first-order valence-corrected chi connectivity index (χ1v) is 2.70. The van der Waals surface area contributed by atoms with E-state index in [1.165, 1.54) is 13.0 Å². The van der Waals surface area contributed by atoms with Crippen molar-refractivity contribution in [3.8, 4) is 0 Å². The van der Waals surface area contributed by atoms with E-state index in [9.17, 15) is 5.11 Å². The highest BCUT2D eigenvalue weighted by Gasteiger charge is 1.95. The minimum Gasteiger partial charge on any atom is -0.389 e. The van der Waals surface area contributed by atoms with E-state index in [4.69, 9.17) is 5.48 Å². The van der Waals surface area contributed by atoms with E-state index in [1.54, 1.807) is 0 Å². The average Bonchev–Trinajstić information content (AvgIpc) is 2.07. The molecule has 1 unspecified atom stereocenters. The van der Waals surface area contributed by atoms with Crippen molar-refractivity contribution in [3.63, 3.8) is 0 Å². The van der Waals surface area contributed by atoms with E-state index in [0.717, 1.165) is 0 Å². The van der Waals surface area contributed by atoms with Crippen molar-refractivity contribution in [1.29, 1.82) is 0 Å². The Balaban J connectivity index is 3.41. The van der Waals surface area contributed by atoms with Crippen molar-refractivity contribution in [2.45, 2.75) is 13.0 Å². The molecule has 1 aromatic carbocycles. The Kier molecular flexibility index (Phi) is 0.836. The summed E-state index contributed by atoms with van der Waals surface area (Å²) in [6.45, 7) is 1.47. The first kappa shape index (κ1) is 2.84. The van der Waals surface area contributed by atoms with Crippen molar-refractivity contribution in [2.24, 2.45) is 0 Å². The van der Waals surface area contributed by atoms with Crippen LogP contribution < -0.4 is 0 Å². The molecule has 0 aliphatic rings. The number of rotatable bonds is 1. The molecule has 0 saturated heterocycles. The zero-order chi connectivity index (χ0) is 10.2. The Hall–Kier alpha value is -0.820. The van der Waals surface area contributed by atoms with Crippen molar-refractivity contribution >= 4 is 0 Å². The molecule has 1 nitrogen and oxygen atoms in total. The van der Waals surface area contributed by atoms with Crippen LogP contribution in [0.15, 0.2) is 30.2 Å². The monoisotopic (exact) mass is 126 g/mol. The van der Waals surface area contributed by atoms with Crippen LogP contribution in [-0.2, 0) is 0 Å². The Bertz CT molecular complexity index is 335. The fourth-order valence-electron chi connectivity index (χ4n) is 0.514. The average molecular weight is 126 g/mol. The molecule has 0 aliphatic carbocycles. The Morgan fingerprint density at radius 2 is 2.33 bits per heavy atom. The van der Waals surface area contributed by atoms with E-state index in [1.807, 2.05) is 0 Å². The maximum atomic E-state index is 9.20. The first-order valence-electron chi connectivity index (χ1n) is 4.70. The highest BCUT2D eigenvalue weighted by atomic mass is 16.3. The Morgan fingerprint density at radius 3 is 3.00 bits per heavy atom. The van der Waals surface area contributed by atoms with Crippen LogP contribution >= 0.6 is 0 Å². The zero-order valence-corrected chi connectivity index (χ0v) is 5.10. The second-order valence-electron chi connectivity index (χ2n) is 1.79. The number of aliphatic hydroxyl groups excluding tert-OH is 1. The summed E-state index contributed by atoms with van der Waals surface area (Å²) in [5, 5.41) is 9.20. The molecular formula is C8H10O. The topological polar surface area (TPSA) is 20.2 Å². The quantitative estimate of drug-likeness (QED) is 0.607. The third-order valence-electron chi connectivity index (χ3n) is 1.02. The van der Waals surface area contributed by atoms with Crippen LogP contribution in [0.2, 0.25) is 0 Å². The summed E-state index contributed by atoms with van der Waals surface area (Å²) < 4.78 is 29.3. The third-order valence-corrected chi connectivity index (χ3v) is 1.02. The molecule has 0 spiro atoms. The number of benzene rings is 1. The van der Waals surface area contributed by atoms with Crippen LogP contribution in [0.5, 0.6) is 0 Å². The van der Waals surface area contributed by atoms with Crippen LogP contribution in [0.25, 0.3) is 0 Å². The van der Waals surface area contributed by atoms with Gasteiger partial charge in [0, 0.05) is 0 Å². The van der Waals surface area contributed by atoms with Gasteiger partial charge in [0.1, 0.15) is 0 Å². The number of hydrogen-bond donors (Lipinski definition) is 1.